The number of cyclic esters (lactones) is 1. The number of fused-ring (bicyclic) bond motifs is 1. The number of ether oxygens (including phenoxy) is 1. The Balaban J connectivity index is 1.43. The number of rotatable bonds is 6. The van der Waals surface area contributed by atoms with E-state index in [-0.39, 0.29) is 31.5 Å². The van der Waals surface area contributed by atoms with Crippen molar-refractivity contribution in [2.45, 2.75) is 6.10 Å². The van der Waals surface area contributed by atoms with Crippen LogP contribution in [0.15, 0.2) is 48.5 Å². The average Bonchev–Trinajstić information content (AvgIpc) is 3.20. The minimum Gasteiger partial charge on any atom is -0.442 e. The van der Waals surface area contributed by atoms with E-state index in [9.17, 15) is 14.4 Å². The summed E-state index contributed by atoms with van der Waals surface area (Å²) in [5.41, 5.74) is 2.23. The summed E-state index contributed by atoms with van der Waals surface area (Å²) in [6.07, 6.45) is -1.11. The van der Waals surface area contributed by atoms with E-state index in [0.29, 0.717) is 23.4 Å². The molecule has 2 aliphatic heterocycles. The van der Waals surface area contributed by atoms with Crippen LogP contribution in [0.5, 0.6) is 0 Å². The third kappa shape index (κ3) is 3.18. The Bertz CT molecular complexity index is 893. The van der Waals surface area contributed by atoms with Gasteiger partial charge in [0.25, 0.3) is 11.8 Å². The lowest BCUT2D eigenvalue weighted by molar-refractivity contribution is 0.0558. The normalized spacial score (nSPS) is 18.5. The molecule has 8 heteroatoms. The minimum atomic E-state index is -0.595. The summed E-state index contributed by atoms with van der Waals surface area (Å²) in [4.78, 5) is 39.8. The number of nitrogens with zero attached hydrogens (tertiary/aromatic N) is 2. The molecule has 2 heterocycles. The zero-order valence-electron chi connectivity index (χ0n) is 15.0. The fourth-order valence-electron chi connectivity index (χ4n) is 3.40. The van der Waals surface area contributed by atoms with Crippen LogP contribution in [-0.2, 0) is 4.74 Å². The predicted octanol–water partition coefficient (Wildman–Crippen LogP) is 1.71. The van der Waals surface area contributed by atoms with Gasteiger partial charge in [-0.3, -0.25) is 19.4 Å². The largest absolute Gasteiger partial charge is 0.442 e. The van der Waals surface area contributed by atoms with E-state index in [1.807, 2.05) is 0 Å². The highest BCUT2D eigenvalue weighted by Gasteiger charge is 2.40. The smallest absolute Gasteiger partial charge is 0.414 e. The van der Waals surface area contributed by atoms with Crippen molar-refractivity contribution in [3.8, 4) is 0 Å². The number of anilines is 2. The Morgan fingerprint density at radius 3 is 2.25 bits per heavy atom. The maximum absolute atomic E-state index is 12.5. The van der Waals surface area contributed by atoms with Crippen LogP contribution in [0, 0.1) is 0 Å². The Hall–Kier alpha value is -3.39. The summed E-state index contributed by atoms with van der Waals surface area (Å²) >= 11 is 0. The molecule has 8 nitrogen and oxygen atoms in total. The van der Waals surface area contributed by atoms with Gasteiger partial charge >= 0.3 is 6.09 Å². The Kier molecular flexibility index (Phi) is 4.70. The number of imide groups is 1. The molecule has 0 aromatic heterocycles. The van der Waals surface area contributed by atoms with Crippen molar-refractivity contribution in [2.24, 2.45) is 0 Å². The Morgan fingerprint density at radius 1 is 1.00 bits per heavy atom. The molecule has 0 spiro atoms. The molecule has 2 aliphatic rings. The molecule has 4 rings (SSSR count). The number of carbonyl (C=O) groups is 3. The molecule has 2 aromatic carbocycles. The van der Waals surface area contributed by atoms with Crippen LogP contribution in [0.2, 0.25) is 0 Å². The summed E-state index contributed by atoms with van der Waals surface area (Å²) in [5, 5.41) is 11.9. The zero-order valence-corrected chi connectivity index (χ0v) is 15.0. The highest BCUT2D eigenvalue weighted by molar-refractivity contribution is 6.21. The average molecular weight is 381 g/mol. The molecule has 1 saturated heterocycles. The van der Waals surface area contributed by atoms with Crippen molar-refractivity contribution in [1.82, 2.24) is 4.90 Å². The molecule has 0 unspecified atom stereocenters. The maximum atomic E-state index is 12.5. The van der Waals surface area contributed by atoms with E-state index in [4.69, 9.17) is 9.84 Å². The Morgan fingerprint density at radius 2 is 1.64 bits per heavy atom. The van der Waals surface area contributed by atoms with Crippen LogP contribution in [-0.4, -0.2) is 60.3 Å². The lowest BCUT2D eigenvalue weighted by atomic mass is 10.1. The second kappa shape index (κ2) is 7.32. The van der Waals surface area contributed by atoms with Gasteiger partial charge in [-0.05, 0) is 36.4 Å². The molecule has 0 radical (unpaired) electrons. The van der Waals surface area contributed by atoms with Gasteiger partial charge in [0, 0.05) is 17.9 Å². The Labute approximate surface area is 161 Å². The van der Waals surface area contributed by atoms with Gasteiger partial charge in [-0.25, -0.2) is 4.79 Å². The standard InChI is InChI=1S/C20H19N3O5/c24-10-9-21-13-5-7-14(8-6-13)22-11-15(28-20(22)27)12-23-18(25)16-3-1-2-4-17(16)19(23)26/h1-8,15,21,24H,9-12H2/t15-/m1/s1. The topological polar surface area (TPSA) is 99.2 Å². The van der Waals surface area contributed by atoms with Crippen molar-refractivity contribution in [1.29, 1.82) is 0 Å². The quantitative estimate of drug-likeness (QED) is 0.739. The molecule has 28 heavy (non-hydrogen) atoms. The van der Waals surface area contributed by atoms with E-state index in [1.165, 1.54) is 4.90 Å². The number of nitrogens with one attached hydrogen (secondary N) is 1. The van der Waals surface area contributed by atoms with Crippen molar-refractivity contribution >= 4 is 29.3 Å². The molecule has 144 valence electrons. The van der Waals surface area contributed by atoms with Crippen molar-refractivity contribution < 1.29 is 24.2 Å². The number of aliphatic hydroxyl groups excluding tert-OH is 1. The first kappa shape index (κ1) is 18.0. The SMILES string of the molecule is O=C1c2ccccc2C(=O)N1C[C@H]1CN(c2ccc(NCCO)cc2)C(=O)O1. The van der Waals surface area contributed by atoms with Gasteiger partial charge in [-0.1, -0.05) is 12.1 Å². The van der Waals surface area contributed by atoms with Gasteiger partial charge in [-0.2, -0.15) is 0 Å². The summed E-state index contributed by atoms with van der Waals surface area (Å²) in [7, 11) is 0. The highest BCUT2D eigenvalue weighted by Crippen LogP contribution is 2.27. The molecular formula is C20H19N3O5. The first-order valence-corrected chi connectivity index (χ1v) is 8.96. The summed E-state index contributed by atoms with van der Waals surface area (Å²) in [6, 6.07) is 13.8. The van der Waals surface area contributed by atoms with Crippen LogP contribution >= 0.6 is 0 Å². The van der Waals surface area contributed by atoms with Gasteiger partial charge in [0.1, 0.15) is 6.10 Å². The fraction of sp³-hybridized carbons (Fsp3) is 0.250. The third-order valence-electron chi connectivity index (χ3n) is 4.76. The summed E-state index contributed by atoms with van der Waals surface area (Å²) in [5.74, 6) is -0.733. The van der Waals surface area contributed by atoms with E-state index in [0.717, 1.165) is 10.6 Å². The molecule has 0 saturated carbocycles. The van der Waals surface area contributed by atoms with Crippen LogP contribution in [0.1, 0.15) is 20.7 Å². The second-order valence-electron chi connectivity index (χ2n) is 6.58. The third-order valence-corrected chi connectivity index (χ3v) is 4.76. The van der Waals surface area contributed by atoms with E-state index >= 15 is 0 Å². The van der Waals surface area contributed by atoms with Gasteiger partial charge < -0.3 is 15.2 Å². The molecule has 0 bridgehead atoms. The minimum absolute atomic E-state index is 0.0186. The second-order valence-corrected chi connectivity index (χ2v) is 6.58. The molecular weight excluding hydrogens is 362 g/mol. The molecule has 2 aromatic rings. The lowest BCUT2D eigenvalue weighted by Gasteiger charge is -2.17. The first-order valence-electron chi connectivity index (χ1n) is 8.96. The zero-order chi connectivity index (χ0) is 19.7. The molecule has 1 atom stereocenters. The van der Waals surface area contributed by atoms with Crippen LogP contribution in [0.4, 0.5) is 16.2 Å². The van der Waals surface area contributed by atoms with Gasteiger partial charge in [0.15, 0.2) is 0 Å². The number of carbonyl (C=O) groups excluding carboxylic acids is 3. The van der Waals surface area contributed by atoms with E-state index < -0.39 is 12.2 Å². The van der Waals surface area contributed by atoms with Crippen molar-refractivity contribution in [3.05, 3.63) is 59.7 Å². The van der Waals surface area contributed by atoms with Gasteiger partial charge in [0.2, 0.25) is 0 Å². The van der Waals surface area contributed by atoms with Crippen molar-refractivity contribution in [3.63, 3.8) is 0 Å². The first-order chi connectivity index (χ1) is 13.6. The highest BCUT2D eigenvalue weighted by atomic mass is 16.6. The maximum Gasteiger partial charge on any atom is 0.414 e. The summed E-state index contributed by atoms with van der Waals surface area (Å²) in [6.45, 7) is 0.730. The van der Waals surface area contributed by atoms with Gasteiger partial charge in [-0.15, -0.1) is 0 Å². The van der Waals surface area contributed by atoms with Crippen LogP contribution in [0.3, 0.4) is 0 Å². The van der Waals surface area contributed by atoms with E-state index in [2.05, 4.69) is 5.32 Å². The monoisotopic (exact) mass is 381 g/mol. The number of aliphatic hydroxyl groups is 1. The number of benzene rings is 2. The molecule has 1 fully saturated rings. The molecule has 2 N–H and O–H groups in total. The number of amides is 3. The van der Waals surface area contributed by atoms with Crippen LogP contribution < -0.4 is 10.2 Å². The molecule has 3 amide bonds. The van der Waals surface area contributed by atoms with E-state index in [1.54, 1.807) is 48.5 Å². The van der Waals surface area contributed by atoms with Crippen molar-refractivity contribution in [2.75, 3.05) is 36.5 Å². The number of hydrogen-bond acceptors (Lipinski definition) is 6. The lowest BCUT2D eigenvalue weighted by Crippen LogP contribution is -2.38. The number of hydrogen-bond donors (Lipinski definition) is 2. The fourth-order valence-corrected chi connectivity index (χ4v) is 3.40. The molecule has 0 aliphatic carbocycles. The predicted molar refractivity (Wildman–Crippen MR) is 101 cm³/mol. The van der Waals surface area contributed by atoms with Crippen LogP contribution in [0.25, 0.3) is 0 Å². The van der Waals surface area contributed by atoms with Gasteiger partial charge in [0.05, 0.1) is 30.8 Å². The summed E-state index contributed by atoms with van der Waals surface area (Å²) < 4.78 is 5.37.